The molecule has 13 heavy (non-hydrogen) atoms. The number of ether oxygens (including phenoxy) is 2. The zero-order valence-corrected chi connectivity index (χ0v) is 8.50. The number of epoxide rings is 1. The largest absolute Gasteiger partial charge is 0.375 e. The van der Waals surface area contributed by atoms with Crippen LogP contribution >= 0.6 is 0 Å². The van der Waals surface area contributed by atoms with Crippen molar-refractivity contribution in [2.75, 3.05) is 13.2 Å². The molecule has 2 atom stereocenters. The van der Waals surface area contributed by atoms with Gasteiger partial charge in [0.15, 0.2) is 0 Å². The molecule has 0 aromatic carbocycles. The molecule has 0 spiro atoms. The van der Waals surface area contributed by atoms with Crippen molar-refractivity contribution in [2.45, 2.75) is 44.8 Å². The second-order valence-electron chi connectivity index (χ2n) is 3.53. The Labute approximate surface area is 80.9 Å². The first kappa shape index (κ1) is 10.7. The molecule has 1 aliphatic heterocycles. The fraction of sp³-hybridized carbons (Fsp3) is 0.818. The third-order valence-electron chi connectivity index (χ3n) is 2.30. The van der Waals surface area contributed by atoms with E-state index in [4.69, 9.17) is 9.47 Å². The highest BCUT2D eigenvalue weighted by molar-refractivity contribution is 4.84. The summed E-state index contributed by atoms with van der Waals surface area (Å²) < 4.78 is 10.8. The van der Waals surface area contributed by atoms with Gasteiger partial charge in [0.05, 0.1) is 19.3 Å². The van der Waals surface area contributed by atoms with Crippen LogP contribution in [0.5, 0.6) is 0 Å². The normalized spacial score (nSPS) is 25.9. The number of rotatable bonds is 8. The first-order valence-corrected chi connectivity index (χ1v) is 5.22. The second-order valence-corrected chi connectivity index (χ2v) is 3.53. The van der Waals surface area contributed by atoms with Gasteiger partial charge in [-0.05, 0) is 6.42 Å². The van der Waals surface area contributed by atoms with Crippen LogP contribution in [0.4, 0.5) is 0 Å². The van der Waals surface area contributed by atoms with E-state index in [1.165, 1.54) is 25.7 Å². The minimum absolute atomic E-state index is 0.372. The van der Waals surface area contributed by atoms with E-state index in [2.05, 4.69) is 13.5 Å². The highest BCUT2D eigenvalue weighted by Gasteiger charge is 2.37. The molecule has 0 aromatic rings. The molecule has 1 heterocycles. The summed E-state index contributed by atoms with van der Waals surface area (Å²) in [6, 6.07) is 0. The maximum absolute atomic E-state index is 5.45. The van der Waals surface area contributed by atoms with Crippen LogP contribution in [-0.4, -0.2) is 25.4 Å². The zero-order chi connectivity index (χ0) is 9.52. The molecule has 0 amide bonds. The predicted octanol–water partition coefficient (Wildman–Crippen LogP) is 2.54. The Bertz CT molecular complexity index is 145. The van der Waals surface area contributed by atoms with E-state index >= 15 is 0 Å². The summed E-state index contributed by atoms with van der Waals surface area (Å²) in [6.07, 6.45) is 7.72. The molecule has 0 unspecified atom stereocenters. The predicted molar refractivity (Wildman–Crippen MR) is 53.8 cm³/mol. The van der Waals surface area contributed by atoms with Gasteiger partial charge in [-0.2, -0.15) is 0 Å². The van der Waals surface area contributed by atoms with Gasteiger partial charge in [-0.25, -0.2) is 0 Å². The van der Waals surface area contributed by atoms with Crippen LogP contribution < -0.4 is 0 Å². The number of hydrogen-bond acceptors (Lipinski definition) is 2. The van der Waals surface area contributed by atoms with Crippen molar-refractivity contribution in [1.29, 1.82) is 0 Å². The first-order chi connectivity index (χ1) is 6.38. The van der Waals surface area contributed by atoms with Crippen molar-refractivity contribution < 1.29 is 9.47 Å². The molecular weight excluding hydrogens is 164 g/mol. The quantitative estimate of drug-likeness (QED) is 0.328. The molecule has 0 radical (unpaired) electrons. The van der Waals surface area contributed by atoms with E-state index in [0.29, 0.717) is 18.8 Å². The minimum Gasteiger partial charge on any atom is -0.375 e. The van der Waals surface area contributed by atoms with Gasteiger partial charge in [0.2, 0.25) is 0 Å². The van der Waals surface area contributed by atoms with Gasteiger partial charge in [0.25, 0.3) is 0 Å². The fourth-order valence-corrected chi connectivity index (χ4v) is 1.44. The Hall–Kier alpha value is -0.340. The number of hydrogen-bond donors (Lipinski definition) is 0. The molecule has 1 aliphatic rings. The Morgan fingerprint density at radius 2 is 2.23 bits per heavy atom. The summed E-state index contributed by atoms with van der Waals surface area (Å²) >= 11 is 0. The molecule has 0 N–H and O–H groups in total. The summed E-state index contributed by atoms with van der Waals surface area (Å²) in [5.74, 6) is 0. The van der Waals surface area contributed by atoms with Crippen LogP contribution in [0.1, 0.15) is 32.6 Å². The van der Waals surface area contributed by atoms with Crippen molar-refractivity contribution in [3.63, 3.8) is 0 Å². The molecule has 0 saturated carbocycles. The lowest BCUT2D eigenvalue weighted by Crippen LogP contribution is -2.04. The van der Waals surface area contributed by atoms with Crippen molar-refractivity contribution in [2.24, 2.45) is 0 Å². The summed E-state index contributed by atoms with van der Waals surface area (Å²) in [4.78, 5) is 0. The van der Waals surface area contributed by atoms with Gasteiger partial charge in [-0.15, -0.1) is 6.58 Å². The van der Waals surface area contributed by atoms with Crippen LogP contribution in [0.3, 0.4) is 0 Å². The summed E-state index contributed by atoms with van der Waals surface area (Å²) in [5.41, 5.74) is 0. The van der Waals surface area contributed by atoms with E-state index in [-0.39, 0.29) is 0 Å². The lowest BCUT2D eigenvalue weighted by atomic mass is 10.1. The van der Waals surface area contributed by atoms with E-state index < -0.39 is 0 Å². The van der Waals surface area contributed by atoms with Gasteiger partial charge in [0.1, 0.15) is 6.10 Å². The standard InChI is InChI=1S/C11H20O2/c1-3-5-6-7-10-11(13-10)9-12-8-4-2/h4,10-11H,2-3,5-9H2,1H3/t10-,11+/m1/s1. The third kappa shape index (κ3) is 4.44. The van der Waals surface area contributed by atoms with E-state index in [1.54, 1.807) is 6.08 Å². The number of unbranched alkanes of at least 4 members (excludes halogenated alkanes) is 2. The van der Waals surface area contributed by atoms with Gasteiger partial charge in [-0.1, -0.05) is 32.3 Å². The highest BCUT2D eigenvalue weighted by Crippen LogP contribution is 2.27. The molecule has 1 fully saturated rings. The van der Waals surface area contributed by atoms with Gasteiger partial charge >= 0.3 is 0 Å². The maximum Gasteiger partial charge on any atom is 0.107 e. The monoisotopic (exact) mass is 184 g/mol. The van der Waals surface area contributed by atoms with Crippen LogP contribution in [0.2, 0.25) is 0 Å². The van der Waals surface area contributed by atoms with Crippen molar-refractivity contribution >= 4 is 0 Å². The highest BCUT2D eigenvalue weighted by atomic mass is 16.6. The summed E-state index contributed by atoms with van der Waals surface area (Å²) in [6.45, 7) is 7.19. The smallest absolute Gasteiger partial charge is 0.107 e. The molecule has 0 aromatic heterocycles. The molecule has 76 valence electrons. The Balaban J connectivity index is 1.87. The van der Waals surface area contributed by atoms with Crippen LogP contribution in [0.25, 0.3) is 0 Å². The molecule has 2 heteroatoms. The Kier molecular flexibility index (Phi) is 5.09. The zero-order valence-electron chi connectivity index (χ0n) is 8.50. The Morgan fingerprint density at radius 1 is 1.38 bits per heavy atom. The molecule has 0 aliphatic carbocycles. The van der Waals surface area contributed by atoms with E-state index in [1.807, 2.05) is 0 Å². The summed E-state index contributed by atoms with van der Waals surface area (Å²) in [7, 11) is 0. The molecule has 0 bridgehead atoms. The third-order valence-corrected chi connectivity index (χ3v) is 2.30. The maximum atomic E-state index is 5.45. The van der Waals surface area contributed by atoms with Crippen LogP contribution in [-0.2, 0) is 9.47 Å². The van der Waals surface area contributed by atoms with E-state index in [0.717, 1.165) is 6.61 Å². The van der Waals surface area contributed by atoms with Crippen LogP contribution in [0.15, 0.2) is 12.7 Å². The fourth-order valence-electron chi connectivity index (χ4n) is 1.44. The Morgan fingerprint density at radius 3 is 2.92 bits per heavy atom. The van der Waals surface area contributed by atoms with E-state index in [9.17, 15) is 0 Å². The topological polar surface area (TPSA) is 21.8 Å². The SMILES string of the molecule is C=CCOC[C@@H]1O[C@@H]1CCCCC. The van der Waals surface area contributed by atoms with Gasteiger partial charge in [0, 0.05) is 0 Å². The molecular formula is C11H20O2. The lowest BCUT2D eigenvalue weighted by Gasteiger charge is -1.96. The lowest BCUT2D eigenvalue weighted by molar-refractivity contribution is 0.141. The minimum atomic E-state index is 0.372. The van der Waals surface area contributed by atoms with Gasteiger partial charge < -0.3 is 9.47 Å². The molecule has 1 rings (SSSR count). The summed E-state index contributed by atoms with van der Waals surface area (Å²) in [5, 5.41) is 0. The molecule has 1 saturated heterocycles. The molecule has 2 nitrogen and oxygen atoms in total. The average molecular weight is 184 g/mol. The van der Waals surface area contributed by atoms with Crippen molar-refractivity contribution in [1.82, 2.24) is 0 Å². The van der Waals surface area contributed by atoms with Gasteiger partial charge in [-0.3, -0.25) is 0 Å². The average Bonchev–Trinajstić information content (AvgIpc) is 2.85. The second kappa shape index (κ2) is 6.17. The van der Waals surface area contributed by atoms with Crippen molar-refractivity contribution in [3.8, 4) is 0 Å². The first-order valence-electron chi connectivity index (χ1n) is 5.22. The van der Waals surface area contributed by atoms with Crippen LogP contribution in [0, 0.1) is 0 Å². The van der Waals surface area contributed by atoms with Crippen molar-refractivity contribution in [3.05, 3.63) is 12.7 Å².